The van der Waals surface area contributed by atoms with E-state index in [0.717, 1.165) is 6.42 Å². The van der Waals surface area contributed by atoms with Crippen molar-refractivity contribution >= 4 is 24.0 Å². The zero-order chi connectivity index (χ0) is 16.8. The van der Waals surface area contributed by atoms with Gasteiger partial charge in [0.2, 0.25) is 0 Å². The molecular weight excluding hydrogens is 322 g/mol. The molecule has 0 fully saturated rings. The Morgan fingerprint density at radius 1 is 1.48 bits per heavy atom. The van der Waals surface area contributed by atoms with E-state index in [9.17, 15) is 14.9 Å². The molecule has 0 saturated carbocycles. The Kier molecular flexibility index (Phi) is 8.56. The van der Waals surface area contributed by atoms with Crippen LogP contribution in [-0.4, -0.2) is 29.5 Å². The highest BCUT2D eigenvalue weighted by molar-refractivity contribution is 5.85. The fourth-order valence-electron chi connectivity index (χ4n) is 2.29. The topological polar surface area (TPSA) is 107 Å². The summed E-state index contributed by atoms with van der Waals surface area (Å²) in [6.07, 6.45) is 0.756. The van der Waals surface area contributed by atoms with Crippen molar-refractivity contribution in [1.29, 1.82) is 0 Å². The first kappa shape index (κ1) is 21.1. The van der Waals surface area contributed by atoms with E-state index in [2.05, 4.69) is 19.2 Å². The van der Waals surface area contributed by atoms with Gasteiger partial charge in [-0.3, -0.25) is 14.9 Å². The van der Waals surface area contributed by atoms with Crippen LogP contribution in [0.5, 0.6) is 5.75 Å². The van der Waals surface area contributed by atoms with Crippen molar-refractivity contribution in [3.05, 3.63) is 34.4 Å². The van der Waals surface area contributed by atoms with Gasteiger partial charge < -0.3 is 15.8 Å². The third-order valence-electron chi connectivity index (χ3n) is 3.15. The molecule has 8 heteroatoms. The molecule has 0 saturated heterocycles. The monoisotopic (exact) mass is 345 g/mol. The third kappa shape index (κ3) is 7.30. The van der Waals surface area contributed by atoms with E-state index in [1.807, 2.05) is 6.92 Å². The minimum Gasteiger partial charge on any atom is -0.484 e. The number of nitrogens with two attached hydrogens (primary N) is 1. The lowest BCUT2D eigenvalue weighted by Gasteiger charge is -2.31. The van der Waals surface area contributed by atoms with Crippen LogP contribution < -0.4 is 15.8 Å². The number of benzene rings is 1. The van der Waals surface area contributed by atoms with E-state index in [-0.39, 0.29) is 36.4 Å². The molecule has 3 N–H and O–H groups in total. The SMILES string of the molecule is CC(C)CC(C)(CN)NC(=O)COc1cccc([N+](=O)[O-])c1.Cl. The molecule has 0 bridgehead atoms. The second kappa shape index (κ2) is 9.32. The minimum absolute atomic E-state index is 0. The van der Waals surface area contributed by atoms with Crippen LogP contribution in [0.3, 0.4) is 0 Å². The van der Waals surface area contributed by atoms with Crippen molar-refractivity contribution in [2.24, 2.45) is 11.7 Å². The van der Waals surface area contributed by atoms with Gasteiger partial charge in [0, 0.05) is 18.2 Å². The average molecular weight is 346 g/mol. The highest BCUT2D eigenvalue weighted by Gasteiger charge is 2.25. The van der Waals surface area contributed by atoms with Crippen molar-refractivity contribution in [2.75, 3.05) is 13.2 Å². The Bertz CT molecular complexity index is 539. The van der Waals surface area contributed by atoms with Crippen LogP contribution in [-0.2, 0) is 4.79 Å². The van der Waals surface area contributed by atoms with Gasteiger partial charge in [-0.15, -0.1) is 12.4 Å². The first-order valence-electron chi connectivity index (χ1n) is 7.14. The summed E-state index contributed by atoms with van der Waals surface area (Å²) in [5, 5.41) is 13.5. The molecule has 1 atom stereocenters. The van der Waals surface area contributed by atoms with E-state index >= 15 is 0 Å². The van der Waals surface area contributed by atoms with Crippen molar-refractivity contribution < 1.29 is 14.5 Å². The van der Waals surface area contributed by atoms with Crippen LogP contribution in [0.25, 0.3) is 0 Å². The molecule has 0 aliphatic carbocycles. The summed E-state index contributed by atoms with van der Waals surface area (Å²) < 4.78 is 5.30. The van der Waals surface area contributed by atoms with Crippen LogP contribution in [0.1, 0.15) is 27.2 Å². The molecule has 1 rings (SSSR count). The summed E-state index contributed by atoms with van der Waals surface area (Å²) in [6.45, 7) is 6.11. The third-order valence-corrected chi connectivity index (χ3v) is 3.15. The molecule has 1 aromatic carbocycles. The predicted octanol–water partition coefficient (Wildman–Crippen LogP) is 2.28. The number of hydrogen-bond acceptors (Lipinski definition) is 5. The molecule has 1 unspecified atom stereocenters. The molecule has 0 spiro atoms. The number of nitrogens with zero attached hydrogens (tertiary/aromatic N) is 1. The fraction of sp³-hybridized carbons (Fsp3) is 0.533. The van der Waals surface area contributed by atoms with Gasteiger partial charge in [-0.05, 0) is 25.3 Å². The van der Waals surface area contributed by atoms with Crippen LogP contribution in [0.15, 0.2) is 24.3 Å². The lowest BCUT2D eigenvalue weighted by atomic mass is 9.91. The highest BCUT2D eigenvalue weighted by atomic mass is 35.5. The molecule has 0 aliphatic rings. The molecule has 0 heterocycles. The van der Waals surface area contributed by atoms with E-state index in [1.54, 1.807) is 6.07 Å². The van der Waals surface area contributed by atoms with Gasteiger partial charge in [0.15, 0.2) is 6.61 Å². The first-order valence-corrected chi connectivity index (χ1v) is 7.14. The number of non-ortho nitro benzene ring substituents is 1. The number of amides is 1. The number of carbonyl (C=O) groups is 1. The van der Waals surface area contributed by atoms with E-state index in [0.29, 0.717) is 12.5 Å². The van der Waals surface area contributed by atoms with Crippen LogP contribution >= 0.6 is 12.4 Å². The van der Waals surface area contributed by atoms with Gasteiger partial charge in [0.1, 0.15) is 5.75 Å². The van der Waals surface area contributed by atoms with Crippen molar-refractivity contribution in [1.82, 2.24) is 5.32 Å². The van der Waals surface area contributed by atoms with Gasteiger partial charge in [0.25, 0.3) is 11.6 Å². The zero-order valence-electron chi connectivity index (χ0n) is 13.6. The van der Waals surface area contributed by atoms with Crippen LogP contribution in [0.2, 0.25) is 0 Å². The maximum atomic E-state index is 12.0. The summed E-state index contributed by atoms with van der Waals surface area (Å²) in [5.41, 5.74) is 5.17. The summed E-state index contributed by atoms with van der Waals surface area (Å²) in [7, 11) is 0. The van der Waals surface area contributed by atoms with Gasteiger partial charge in [-0.2, -0.15) is 0 Å². The number of halogens is 1. The molecule has 0 aliphatic heterocycles. The van der Waals surface area contributed by atoms with Gasteiger partial charge in [0.05, 0.1) is 11.0 Å². The number of nitro benzene ring substituents is 1. The number of nitro groups is 1. The van der Waals surface area contributed by atoms with Crippen LogP contribution in [0, 0.1) is 16.0 Å². The Morgan fingerprint density at radius 2 is 2.13 bits per heavy atom. The maximum absolute atomic E-state index is 12.0. The lowest BCUT2D eigenvalue weighted by molar-refractivity contribution is -0.384. The van der Waals surface area contributed by atoms with E-state index in [4.69, 9.17) is 10.5 Å². The quantitative estimate of drug-likeness (QED) is 0.555. The second-order valence-electron chi connectivity index (χ2n) is 5.95. The fourth-order valence-corrected chi connectivity index (χ4v) is 2.29. The number of ether oxygens (including phenoxy) is 1. The molecule has 1 aromatic rings. The van der Waals surface area contributed by atoms with Crippen molar-refractivity contribution in [3.8, 4) is 5.75 Å². The predicted molar refractivity (Wildman–Crippen MR) is 90.9 cm³/mol. The second-order valence-corrected chi connectivity index (χ2v) is 5.95. The molecular formula is C15H24ClN3O4. The largest absolute Gasteiger partial charge is 0.484 e. The van der Waals surface area contributed by atoms with E-state index < -0.39 is 10.5 Å². The highest BCUT2D eigenvalue weighted by Crippen LogP contribution is 2.19. The number of nitrogens with one attached hydrogen (secondary N) is 1. The standard InChI is InChI=1S/C15H23N3O4.ClH/c1-11(2)8-15(3,10-16)17-14(19)9-22-13-6-4-5-12(7-13)18(20)21;/h4-7,11H,8-10,16H2,1-3H3,(H,17,19);1H. The Labute approximate surface area is 142 Å². The zero-order valence-corrected chi connectivity index (χ0v) is 14.4. The summed E-state index contributed by atoms with van der Waals surface area (Å²) in [6, 6.07) is 5.72. The Morgan fingerprint density at radius 3 is 2.65 bits per heavy atom. The number of rotatable bonds is 8. The Balaban J connectivity index is 0.00000484. The minimum atomic E-state index is -0.513. The smallest absolute Gasteiger partial charge is 0.273 e. The lowest BCUT2D eigenvalue weighted by Crippen LogP contribution is -2.53. The Hall–Kier alpha value is -1.86. The summed E-state index contributed by atoms with van der Waals surface area (Å²) in [5.74, 6) is 0.370. The van der Waals surface area contributed by atoms with E-state index in [1.165, 1.54) is 18.2 Å². The normalized spacial score (nSPS) is 12.9. The number of carbonyl (C=O) groups excluding carboxylic acids is 1. The van der Waals surface area contributed by atoms with Gasteiger partial charge in [-0.1, -0.05) is 19.9 Å². The molecule has 0 radical (unpaired) electrons. The van der Waals surface area contributed by atoms with Crippen LogP contribution in [0.4, 0.5) is 5.69 Å². The maximum Gasteiger partial charge on any atom is 0.273 e. The summed E-state index contributed by atoms with van der Waals surface area (Å²) >= 11 is 0. The summed E-state index contributed by atoms with van der Waals surface area (Å²) in [4.78, 5) is 22.1. The van der Waals surface area contributed by atoms with Crippen molar-refractivity contribution in [3.63, 3.8) is 0 Å². The molecule has 7 nitrogen and oxygen atoms in total. The molecule has 0 aromatic heterocycles. The average Bonchev–Trinajstić information content (AvgIpc) is 2.44. The number of hydrogen-bond donors (Lipinski definition) is 2. The van der Waals surface area contributed by atoms with Gasteiger partial charge in [-0.25, -0.2) is 0 Å². The molecule has 1 amide bonds. The molecule has 23 heavy (non-hydrogen) atoms. The van der Waals surface area contributed by atoms with Gasteiger partial charge >= 0.3 is 0 Å². The first-order chi connectivity index (χ1) is 10.3. The molecule has 130 valence electrons. The van der Waals surface area contributed by atoms with Crippen molar-refractivity contribution in [2.45, 2.75) is 32.7 Å².